The van der Waals surface area contributed by atoms with Crippen molar-refractivity contribution < 1.29 is 9.47 Å². The second kappa shape index (κ2) is 13.5. The maximum Gasteiger partial charge on any atom is 0.191 e. The lowest BCUT2D eigenvalue weighted by Crippen LogP contribution is -2.38. The molecule has 0 amide bonds. The monoisotopic (exact) mass is 457 g/mol. The number of guanidine groups is 1. The molecule has 7 heteroatoms. The van der Waals surface area contributed by atoms with Gasteiger partial charge in [-0.25, -0.2) is 0 Å². The highest BCUT2D eigenvalue weighted by atomic mass is 127. The molecule has 0 aromatic rings. The van der Waals surface area contributed by atoms with Gasteiger partial charge in [-0.15, -0.1) is 24.0 Å². The second-order valence-corrected chi connectivity index (χ2v) is 7.25. The molecule has 0 spiro atoms. The minimum Gasteiger partial charge on any atom is -0.379 e. The van der Waals surface area contributed by atoms with Crippen molar-refractivity contribution in [2.45, 2.75) is 50.4 Å². The van der Waals surface area contributed by atoms with Crippen LogP contribution in [0.1, 0.15) is 39.0 Å². The summed E-state index contributed by atoms with van der Waals surface area (Å²) in [6.07, 6.45) is 6.30. The number of thioether (sulfide) groups is 1. The Kier molecular flexibility index (Phi) is 12.6. The van der Waals surface area contributed by atoms with Crippen molar-refractivity contribution in [3.63, 3.8) is 0 Å². The van der Waals surface area contributed by atoms with Crippen LogP contribution in [0.4, 0.5) is 0 Å². The number of nitrogens with one attached hydrogen (secondary N) is 2. The zero-order chi connectivity index (χ0) is 15.5. The van der Waals surface area contributed by atoms with Crippen molar-refractivity contribution in [3.05, 3.63) is 0 Å². The maximum atomic E-state index is 5.67. The Bertz CT molecular complexity index is 322. The summed E-state index contributed by atoms with van der Waals surface area (Å²) in [7, 11) is 0. The SMILES string of the molecule is CCNC(=NCC1CCCS1)NCCCOCC1CCCO1.I. The van der Waals surface area contributed by atoms with Gasteiger partial charge in [0.25, 0.3) is 0 Å². The molecule has 2 rings (SSSR count). The zero-order valence-electron chi connectivity index (χ0n) is 14.2. The summed E-state index contributed by atoms with van der Waals surface area (Å²) in [4.78, 5) is 4.69. The van der Waals surface area contributed by atoms with E-state index < -0.39 is 0 Å². The normalized spacial score (nSPS) is 24.5. The minimum absolute atomic E-state index is 0. The number of halogens is 1. The van der Waals surface area contributed by atoms with Gasteiger partial charge in [0.2, 0.25) is 0 Å². The van der Waals surface area contributed by atoms with Gasteiger partial charge in [-0.1, -0.05) is 0 Å². The molecule has 0 bridgehead atoms. The van der Waals surface area contributed by atoms with E-state index in [2.05, 4.69) is 34.3 Å². The van der Waals surface area contributed by atoms with Crippen molar-refractivity contribution >= 4 is 41.7 Å². The van der Waals surface area contributed by atoms with E-state index in [1.165, 1.54) is 25.0 Å². The van der Waals surface area contributed by atoms with Gasteiger partial charge < -0.3 is 20.1 Å². The molecular formula is C16H32IN3O2S. The zero-order valence-corrected chi connectivity index (χ0v) is 17.4. The summed E-state index contributed by atoms with van der Waals surface area (Å²) >= 11 is 2.05. The van der Waals surface area contributed by atoms with E-state index >= 15 is 0 Å². The number of hydrogen-bond acceptors (Lipinski definition) is 4. The molecule has 2 unspecified atom stereocenters. The number of rotatable bonds is 9. The largest absolute Gasteiger partial charge is 0.379 e. The van der Waals surface area contributed by atoms with Gasteiger partial charge in [-0.05, 0) is 44.8 Å². The van der Waals surface area contributed by atoms with Gasteiger partial charge in [0.1, 0.15) is 0 Å². The third-order valence-corrected chi connectivity index (χ3v) is 5.29. The Morgan fingerprint density at radius 2 is 2.22 bits per heavy atom. The van der Waals surface area contributed by atoms with Crippen LogP contribution in [-0.2, 0) is 9.47 Å². The van der Waals surface area contributed by atoms with Gasteiger partial charge in [0, 0.05) is 31.6 Å². The van der Waals surface area contributed by atoms with Crippen LogP contribution >= 0.6 is 35.7 Å². The van der Waals surface area contributed by atoms with Crippen LogP contribution in [0.3, 0.4) is 0 Å². The average Bonchev–Trinajstić information content (AvgIpc) is 3.21. The third kappa shape index (κ3) is 9.36. The molecule has 0 saturated carbocycles. The fourth-order valence-electron chi connectivity index (χ4n) is 2.69. The van der Waals surface area contributed by atoms with Crippen molar-refractivity contribution in [3.8, 4) is 0 Å². The van der Waals surface area contributed by atoms with Crippen LogP contribution in [0.5, 0.6) is 0 Å². The van der Waals surface area contributed by atoms with Crippen LogP contribution in [0, 0.1) is 0 Å². The fraction of sp³-hybridized carbons (Fsp3) is 0.938. The van der Waals surface area contributed by atoms with Crippen molar-refractivity contribution in [1.82, 2.24) is 10.6 Å². The lowest BCUT2D eigenvalue weighted by molar-refractivity contribution is 0.0168. The number of hydrogen-bond donors (Lipinski definition) is 2. The van der Waals surface area contributed by atoms with E-state index in [9.17, 15) is 0 Å². The first-order chi connectivity index (χ1) is 10.9. The molecule has 2 atom stereocenters. The summed E-state index contributed by atoms with van der Waals surface area (Å²) in [5.74, 6) is 2.24. The smallest absolute Gasteiger partial charge is 0.191 e. The summed E-state index contributed by atoms with van der Waals surface area (Å²) < 4.78 is 11.2. The molecule has 2 aliphatic heterocycles. The van der Waals surface area contributed by atoms with E-state index in [0.717, 1.165) is 58.3 Å². The van der Waals surface area contributed by atoms with Crippen molar-refractivity contribution in [1.29, 1.82) is 0 Å². The van der Waals surface area contributed by atoms with Crippen LogP contribution in [0.15, 0.2) is 4.99 Å². The van der Waals surface area contributed by atoms with Gasteiger partial charge in [-0.2, -0.15) is 11.8 Å². The number of ether oxygens (including phenoxy) is 2. The molecule has 2 N–H and O–H groups in total. The first kappa shape index (κ1) is 21.3. The molecule has 23 heavy (non-hydrogen) atoms. The Hall–Kier alpha value is 0.270. The molecule has 5 nitrogen and oxygen atoms in total. The molecule has 2 fully saturated rings. The molecule has 2 aliphatic rings. The summed E-state index contributed by atoms with van der Waals surface area (Å²) in [5, 5.41) is 7.42. The Morgan fingerprint density at radius 1 is 1.30 bits per heavy atom. The standard InChI is InChI=1S/C16H31N3O2S.HI/c1-2-17-16(19-12-15-7-4-11-22-15)18-8-5-9-20-13-14-6-3-10-21-14;/h14-15H,2-13H2,1H3,(H2,17,18,19);1H. The highest BCUT2D eigenvalue weighted by Gasteiger charge is 2.15. The van der Waals surface area contributed by atoms with Crippen LogP contribution < -0.4 is 10.6 Å². The molecule has 0 aromatic carbocycles. The highest BCUT2D eigenvalue weighted by Crippen LogP contribution is 2.25. The molecule has 2 saturated heterocycles. The summed E-state index contributed by atoms with van der Waals surface area (Å²) in [5.41, 5.74) is 0. The van der Waals surface area contributed by atoms with Crippen molar-refractivity contribution in [2.24, 2.45) is 4.99 Å². The number of aliphatic imine (C=N–C) groups is 1. The molecule has 0 radical (unpaired) electrons. The van der Waals surface area contributed by atoms with E-state index in [0.29, 0.717) is 11.4 Å². The van der Waals surface area contributed by atoms with Gasteiger partial charge >= 0.3 is 0 Å². The topological polar surface area (TPSA) is 54.9 Å². The molecule has 136 valence electrons. The van der Waals surface area contributed by atoms with E-state index in [4.69, 9.17) is 9.47 Å². The maximum absolute atomic E-state index is 5.67. The summed E-state index contributed by atoms with van der Waals surface area (Å²) in [6, 6.07) is 0. The quantitative estimate of drug-likeness (QED) is 0.241. The lowest BCUT2D eigenvalue weighted by atomic mass is 10.2. The second-order valence-electron chi connectivity index (χ2n) is 5.84. The minimum atomic E-state index is 0. The number of nitrogens with zero attached hydrogens (tertiary/aromatic N) is 1. The highest BCUT2D eigenvalue weighted by molar-refractivity contribution is 14.0. The van der Waals surface area contributed by atoms with Crippen LogP contribution in [-0.4, -0.2) is 62.5 Å². The van der Waals surface area contributed by atoms with E-state index in [1.54, 1.807) is 0 Å². The predicted molar refractivity (Wildman–Crippen MR) is 109 cm³/mol. The molecular weight excluding hydrogens is 425 g/mol. The van der Waals surface area contributed by atoms with Crippen LogP contribution in [0.2, 0.25) is 0 Å². The van der Waals surface area contributed by atoms with E-state index in [1.807, 2.05) is 0 Å². The van der Waals surface area contributed by atoms with Crippen LogP contribution in [0.25, 0.3) is 0 Å². The molecule has 2 heterocycles. The summed E-state index contributed by atoms with van der Waals surface area (Å²) in [6.45, 7) is 7.26. The van der Waals surface area contributed by atoms with Gasteiger partial charge in [0.15, 0.2) is 5.96 Å². The molecule has 0 aliphatic carbocycles. The van der Waals surface area contributed by atoms with Gasteiger partial charge in [0.05, 0.1) is 19.3 Å². The van der Waals surface area contributed by atoms with E-state index in [-0.39, 0.29) is 24.0 Å². The Morgan fingerprint density at radius 3 is 2.91 bits per heavy atom. The Balaban J connectivity index is 0.00000264. The third-order valence-electron chi connectivity index (χ3n) is 3.91. The van der Waals surface area contributed by atoms with Gasteiger partial charge in [-0.3, -0.25) is 4.99 Å². The predicted octanol–water partition coefficient (Wildman–Crippen LogP) is 2.64. The average molecular weight is 457 g/mol. The first-order valence-electron chi connectivity index (χ1n) is 8.71. The lowest BCUT2D eigenvalue weighted by Gasteiger charge is -2.13. The fourth-order valence-corrected chi connectivity index (χ4v) is 3.87. The first-order valence-corrected chi connectivity index (χ1v) is 9.76. The Labute approximate surface area is 162 Å². The van der Waals surface area contributed by atoms with Crippen molar-refractivity contribution in [2.75, 3.05) is 45.2 Å². The molecule has 0 aromatic heterocycles.